The molecule has 0 unspecified atom stereocenters. The van der Waals surface area contributed by atoms with E-state index < -0.39 is 11.6 Å². The number of anilines is 1. The van der Waals surface area contributed by atoms with Gasteiger partial charge in [-0.25, -0.2) is 9.37 Å². The standard InChI is InChI=1S/C12H8ClFN2O/c13-7-3-4-8(10(14)6-7)11(17)9-2-1-5-16-12(9)15/h1-6H,(H2,15,16). The highest BCUT2D eigenvalue weighted by molar-refractivity contribution is 6.30. The summed E-state index contributed by atoms with van der Waals surface area (Å²) in [7, 11) is 0. The van der Waals surface area contributed by atoms with Crippen molar-refractivity contribution in [1.82, 2.24) is 4.98 Å². The van der Waals surface area contributed by atoms with Gasteiger partial charge in [-0.1, -0.05) is 11.6 Å². The zero-order chi connectivity index (χ0) is 12.4. The lowest BCUT2D eigenvalue weighted by atomic mass is 10.0. The first-order valence-electron chi connectivity index (χ1n) is 4.80. The molecule has 0 bridgehead atoms. The Bertz CT molecular complexity index is 586. The molecule has 0 atom stereocenters. The minimum Gasteiger partial charge on any atom is -0.383 e. The van der Waals surface area contributed by atoms with Crippen LogP contribution in [0.4, 0.5) is 10.2 Å². The molecule has 86 valence electrons. The number of halogens is 2. The highest BCUT2D eigenvalue weighted by atomic mass is 35.5. The van der Waals surface area contributed by atoms with E-state index in [1.54, 1.807) is 6.07 Å². The van der Waals surface area contributed by atoms with Crippen LogP contribution in [0.1, 0.15) is 15.9 Å². The number of ketones is 1. The van der Waals surface area contributed by atoms with E-state index >= 15 is 0 Å². The molecule has 2 aromatic rings. The maximum absolute atomic E-state index is 13.6. The van der Waals surface area contributed by atoms with E-state index in [0.717, 1.165) is 6.07 Å². The zero-order valence-electron chi connectivity index (χ0n) is 8.65. The number of hydrogen-bond donors (Lipinski definition) is 1. The van der Waals surface area contributed by atoms with Gasteiger partial charge in [0.25, 0.3) is 0 Å². The van der Waals surface area contributed by atoms with Crippen molar-refractivity contribution in [2.75, 3.05) is 5.73 Å². The molecule has 0 amide bonds. The van der Waals surface area contributed by atoms with Crippen molar-refractivity contribution in [2.45, 2.75) is 0 Å². The number of nitrogens with two attached hydrogens (primary N) is 1. The molecule has 0 spiro atoms. The van der Waals surface area contributed by atoms with E-state index in [9.17, 15) is 9.18 Å². The van der Waals surface area contributed by atoms with Gasteiger partial charge in [0.1, 0.15) is 11.6 Å². The van der Waals surface area contributed by atoms with Gasteiger partial charge in [-0.05, 0) is 30.3 Å². The second-order valence-corrected chi connectivity index (χ2v) is 3.83. The number of benzene rings is 1. The summed E-state index contributed by atoms with van der Waals surface area (Å²) >= 11 is 5.61. The Hall–Kier alpha value is -1.94. The van der Waals surface area contributed by atoms with Crippen LogP contribution in [0.3, 0.4) is 0 Å². The minimum atomic E-state index is -0.675. The maximum atomic E-state index is 13.6. The number of hydrogen-bond acceptors (Lipinski definition) is 3. The van der Waals surface area contributed by atoms with Gasteiger partial charge in [0.15, 0.2) is 5.78 Å². The molecule has 0 aliphatic carbocycles. The van der Waals surface area contributed by atoms with Gasteiger partial charge in [-0.15, -0.1) is 0 Å². The highest BCUT2D eigenvalue weighted by Gasteiger charge is 2.16. The summed E-state index contributed by atoms with van der Waals surface area (Å²) in [6.45, 7) is 0. The van der Waals surface area contributed by atoms with Crippen LogP contribution in [0.15, 0.2) is 36.5 Å². The second-order valence-electron chi connectivity index (χ2n) is 3.39. The predicted molar refractivity (Wildman–Crippen MR) is 63.5 cm³/mol. The fourth-order valence-electron chi connectivity index (χ4n) is 1.43. The number of nitrogen functional groups attached to an aromatic ring is 1. The third-order valence-electron chi connectivity index (χ3n) is 2.26. The molecule has 1 heterocycles. The van der Waals surface area contributed by atoms with Crippen LogP contribution >= 0.6 is 11.6 Å². The van der Waals surface area contributed by atoms with E-state index in [-0.39, 0.29) is 22.0 Å². The second kappa shape index (κ2) is 4.51. The van der Waals surface area contributed by atoms with Crippen molar-refractivity contribution in [3.8, 4) is 0 Å². The molecule has 1 aromatic heterocycles. The monoisotopic (exact) mass is 250 g/mol. The Morgan fingerprint density at radius 2 is 2.06 bits per heavy atom. The van der Waals surface area contributed by atoms with Crippen LogP contribution in [0.25, 0.3) is 0 Å². The van der Waals surface area contributed by atoms with E-state index in [2.05, 4.69) is 4.98 Å². The fourth-order valence-corrected chi connectivity index (χ4v) is 1.59. The van der Waals surface area contributed by atoms with Crippen molar-refractivity contribution in [3.63, 3.8) is 0 Å². The molecule has 0 fully saturated rings. The zero-order valence-corrected chi connectivity index (χ0v) is 9.41. The van der Waals surface area contributed by atoms with Gasteiger partial charge in [0.05, 0.1) is 11.1 Å². The Labute approximate surface area is 102 Å². The molecule has 3 nitrogen and oxygen atoms in total. The summed E-state index contributed by atoms with van der Waals surface area (Å²) in [5, 5.41) is 0.234. The van der Waals surface area contributed by atoms with Gasteiger partial charge in [0.2, 0.25) is 0 Å². The molecule has 0 saturated carbocycles. The number of aromatic nitrogens is 1. The molecule has 1 aromatic carbocycles. The topological polar surface area (TPSA) is 56.0 Å². The van der Waals surface area contributed by atoms with Crippen LogP contribution < -0.4 is 5.73 Å². The highest BCUT2D eigenvalue weighted by Crippen LogP contribution is 2.19. The first-order valence-corrected chi connectivity index (χ1v) is 5.17. The van der Waals surface area contributed by atoms with Crippen LogP contribution in [-0.2, 0) is 0 Å². The van der Waals surface area contributed by atoms with Gasteiger partial charge < -0.3 is 5.73 Å². The van der Waals surface area contributed by atoms with Gasteiger partial charge in [-0.3, -0.25) is 4.79 Å². The lowest BCUT2D eigenvalue weighted by molar-refractivity contribution is 0.103. The SMILES string of the molecule is Nc1ncccc1C(=O)c1ccc(Cl)cc1F. The van der Waals surface area contributed by atoms with Gasteiger partial charge in [-0.2, -0.15) is 0 Å². The average molecular weight is 251 g/mol. The van der Waals surface area contributed by atoms with Crippen molar-refractivity contribution >= 4 is 23.2 Å². The Balaban J connectivity index is 2.48. The van der Waals surface area contributed by atoms with E-state index in [0.29, 0.717) is 0 Å². The Morgan fingerprint density at radius 3 is 2.71 bits per heavy atom. The van der Waals surface area contributed by atoms with Crippen LogP contribution in [-0.4, -0.2) is 10.8 Å². The summed E-state index contributed by atoms with van der Waals surface area (Å²) in [5.41, 5.74) is 5.66. The summed E-state index contributed by atoms with van der Waals surface area (Å²) in [4.78, 5) is 15.8. The van der Waals surface area contributed by atoms with Crippen LogP contribution in [0.5, 0.6) is 0 Å². The molecule has 0 saturated heterocycles. The summed E-state index contributed by atoms with van der Waals surface area (Å²) < 4.78 is 13.6. The maximum Gasteiger partial charge on any atom is 0.199 e. The van der Waals surface area contributed by atoms with E-state index in [1.807, 2.05) is 0 Å². The van der Waals surface area contributed by atoms with Gasteiger partial charge in [0, 0.05) is 11.2 Å². The molecule has 2 rings (SSSR count). The third-order valence-corrected chi connectivity index (χ3v) is 2.49. The van der Waals surface area contributed by atoms with Crippen molar-refractivity contribution in [2.24, 2.45) is 0 Å². The van der Waals surface area contributed by atoms with Crippen LogP contribution in [0.2, 0.25) is 5.02 Å². The summed E-state index contributed by atoms with van der Waals surface area (Å²) in [6, 6.07) is 6.92. The summed E-state index contributed by atoms with van der Waals surface area (Å²) in [5.74, 6) is -1.11. The largest absolute Gasteiger partial charge is 0.383 e. The predicted octanol–water partition coefficient (Wildman–Crippen LogP) is 2.69. The van der Waals surface area contributed by atoms with Crippen LogP contribution in [0, 0.1) is 5.82 Å². The lowest BCUT2D eigenvalue weighted by Gasteiger charge is -2.04. The van der Waals surface area contributed by atoms with Gasteiger partial charge >= 0.3 is 0 Å². The molecule has 0 aliphatic heterocycles. The van der Waals surface area contributed by atoms with Crippen molar-refractivity contribution < 1.29 is 9.18 Å². The fraction of sp³-hybridized carbons (Fsp3) is 0. The lowest BCUT2D eigenvalue weighted by Crippen LogP contribution is -2.08. The number of nitrogens with zero attached hydrogens (tertiary/aromatic N) is 1. The molecular formula is C12H8ClFN2O. The smallest absolute Gasteiger partial charge is 0.199 e. The summed E-state index contributed by atoms with van der Waals surface area (Å²) in [6.07, 6.45) is 1.46. The third kappa shape index (κ3) is 2.26. The number of pyridine rings is 1. The normalized spacial score (nSPS) is 10.2. The molecule has 0 aliphatic rings. The quantitative estimate of drug-likeness (QED) is 0.834. The molecule has 5 heteroatoms. The number of carbonyl (C=O) groups is 1. The Kier molecular flexibility index (Phi) is 3.06. The first kappa shape index (κ1) is 11.5. The van der Waals surface area contributed by atoms with Crippen molar-refractivity contribution in [1.29, 1.82) is 0 Å². The molecule has 2 N–H and O–H groups in total. The average Bonchev–Trinajstić information content (AvgIpc) is 2.29. The van der Waals surface area contributed by atoms with Crippen molar-refractivity contribution in [3.05, 3.63) is 58.5 Å². The number of rotatable bonds is 2. The molecule has 0 radical (unpaired) electrons. The molecular weight excluding hydrogens is 243 g/mol. The van der Waals surface area contributed by atoms with E-state index in [4.69, 9.17) is 17.3 Å². The van der Waals surface area contributed by atoms with E-state index in [1.165, 1.54) is 24.4 Å². The number of carbonyl (C=O) groups excluding carboxylic acids is 1. The first-order chi connectivity index (χ1) is 8.09. The molecule has 17 heavy (non-hydrogen) atoms. The Morgan fingerprint density at radius 1 is 1.29 bits per heavy atom. The minimum absolute atomic E-state index is 0.0749.